The van der Waals surface area contributed by atoms with E-state index in [2.05, 4.69) is 15.3 Å². The Kier molecular flexibility index (Phi) is 5.19. The summed E-state index contributed by atoms with van der Waals surface area (Å²) in [7, 11) is 0. The Hall–Kier alpha value is -3.75. The molecule has 0 radical (unpaired) electrons. The highest BCUT2D eigenvalue weighted by atomic mass is 19.1. The number of hydrogen-bond donors (Lipinski definition) is 1. The van der Waals surface area contributed by atoms with Crippen LogP contribution in [-0.4, -0.2) is 52.9 Å². The number of halogens is 1. The number of carbonyl (C=O) groups excluding carboxylic acids is 2. The molecule has 3 aromatic rings. The van der Waals surface area contributed by atoms with Gasteiger partial charge in [-0.05, 0) is 30.3 Å². The van der Waals surface area contributed by atoms with E-state index >= 15 is 0 Å². The number of aromatic nitrogens is 2. The van der Waals surface area contributed by atoms with Gasteiger partial charge in [0, 0.05) is 37.9 Å². The van der Waals surface area contributed by atoms with Gasteiger partial charge >= 0.3 is 0 Å². The first-order valence-corrected chi connectivity index (χ1v) is 9.07. The van der Waals surface area contributed by atoms with Crippen molar-refractivity contribution in [1.82, 2.24) is 14.9 Å². The first kappa shape index (κ1) is 18.6. The summed E-state index contributed by atoms with van der Waals surface area (Å²) in [6.45, 7) is 2.14. The zero-order valence-corrected chi connectivity index (χ0v) is 15.4. The molecule has 1 fully saturated rings. The number of rotatable bonds is 4. The van der Waals surface area contributed by atoms with Crippen LogP contribution in [-0.2, 0) is 0 Å². The number of anilines is 2. The molecular weight excluding hydrogens is 377 g/mol. The van der Waals surface area contributed by atoms with E-state index in [1.165, 1.54) is 30.8 Å². The van der Waals surface area contributed by atoms with E-state index in [1.807, 2.05) is 4.90 Å². The van der Waals surface area contributed by atoms with Crippen molar-refractivity contribution in [3.05, 3.63) is 72.3 Å². The van der Waals surface area contributed by atoms with Gasteiger partial charge in [-0.15, -0.1) is 0 Å². The molecule has 0 saturated carbocycles. The fourth-order valence-corrected chi connectivity index (χ4v) is 3.10. The quantitative estimate of drug-likeness (QED) is 0.730. The highest BCUT2D eigenvalue weighted by Gasteiger charge is 2.24. The minimum Gasteiger partial charge on any atom is -0.459 e. The highest BCUT2D eigenvalue weighted by Crippen LogP contribution is 2.17. The number of piperazine rings is 1. The average Bonchev–Trinajstić information content (AvgIpc) is 3.28. The molecule has 29 heavy (non-hydrogen) atoms. The fraction of sp³-hybridized carbons (Fsp3) is 0.200. The zero-order chi connectivity index (χ0) is 20.2. The van der Waals surface area contributed by atoms with Crippen molar-refractivity contribution in [2.75, 3.05) is 36.4 Å². The van der Waals surface area contributed by atoms with E-state index in [0.717, 1.165) is 0 Å². The summed E-state index contributed by atoms with van der Waals surface area (Å²) in [5.41, 5.74) is 0.522. The third kappa shape index (κ3) is 4.23. The smallest absolute Gasteiger partial charge is 0.289 e. The Labute approximate surface area is 166 Å². The van der Waals surface area contributed by atoms with Gasteiger partial charge in [-0.25, -0.2) is 14.4 Å². The predicted molar refractivity (Wildman–Crippen MR) is 103 cm³/mol. The number of carbonyl (C=O) groups is 2. The molecule has 1 aromatic carbocycles. The van der Waals surface area contributed by atoms with Crippen LogP contribution in [0, 0.1) is 5.82 Å². The van der Waals surface area contributed by atoms with Crippen molar-refractivity contribution < 1.29 is 18.4 Å². The molecule has 4 rings (SSSR count). The summed E-state index contributed by atoms with van der Waals surface area (Å²) >= 11 is 0. The minimum atomic E-state index is -0.453. The Morgan fingerprint density at radius 1 is 1.03 bits per heavy atom. The van der Waals surface area contributed by atoms with Crippen molar-refractivity contribution in [1.29, 1.82) is 0 Å². The fourth-order valence-electron chi connectivity index (χ4n) is 3.10. The third-order valence-corrected chi connectivity index (χ3v) is 4.59. The molecule has 3 heterocycles. The first-order chi connectivity index (χ1) is 14.1. The van der Waals surface area contributed by atoms with Crippen LogP contribution in [0.1, 0.15) is 21.0 Å². The topological polar surface area (TPSA) is 91.6 Å². The van der Waals surface area contributed by atoms with Gasteiger partial charge in [0.2, 0.25) is 0 Å². The van der Waals surface area contributed by atoms with Gasteiger partial charge < -0.3 is 19.5 Å². The van der Waals surface area contributed by atoms with E-state index in [4.69, 9.17) is 4.42 Å². The molecule has 0 spiro atoms. The van der Waals surface area contributed by atoms with E-state index in [0.29, 0.717) is 43.4 Å². The standard InChI is InChI=1S/C20H18FN5O3/c21-14-3-1-4-15(11-14)24-19(27)16-12-18(23-13-22-16)25-6-8-26(9-7-25)20(28)17-5-2-10-29-17/h1-5,10-13H,6-9H2,(H,24,27). The molecule has 0 atom stereocenters. The lowest BCUT2D eigenvalue weighted by Crippen LogP contribution is -2.49. The van der Waals surface area contributed by atoms with Gasteiger partial charge in [0.25, 0.3) is 11.8 Å². The van der Waals surface area contributed by atoms with Gasteiger partial charge in [-0.3, -0.25) is 9.59 Å². The molecule has 2 amide bonds. The van der Waals surface area contributed by atoms with Crippen molar-refractivity contribution >= 4 is 23.3 Å². The number of hydrogen-bond acceptors (Lipinski definition) is 6. The Bertz CT molecular complexity index is 1020. The monoisotopic (exact) mass is 395 g/mol. The third-order valence-electron chi connectivity index (χ3n) is 4.59. The lowest BCUT2D eigenvalue weighted by molar-refractivity contribution is 0.0714. The number of furan rings is 1. The van der Waals surface area contributed by atoms with Gasteiger partial charge in [0.05, 0.1) is 6.26 Å². The molecule has 8 nitrogen and oxygen atoms in total. The molecule has 1 N–H and O–H groups in total. The number of nitrogens with one attached hydrogen (secondary N) is 1. The van der Waals surface area contributed by atoms with E-state index in [-0.39, 0.29) is 11.6 Å². The zero-order valence-electron chi connectivity index (χ0n) is 15.4. The maximum Gasteiger partial charge on any atom is 0.289 e. The minimum absolute atomic E-state index is 0.146. The van der Waals surface area contributed by atoms with Crippen LogP contribution in [0.5, 0.6) is 0 Å². The maximum absolute atomic E-state index is 13.3. The van der Waals surface area contributed by atoms with Crippen LogP contribution in [0.25, 0.3) is 0 Å². The van der Waals surface area contributed by atoms with Gasteiger partial charge in [-0.1, -0.05) is 6.07 Å². The molecule has 2 aromatic heterocycles. The normalized spacial score (nSPS) is 14.0. The molecule has 1 aliphatic heterocycles. The van der Waals surface area contributed by atoms with Crippen LogP contribution in [0.2, 0.25) is 0 Å². The Balaban J connectivity index is 1.40. The van der Waals surface area contributed by atoms with E-state index < -0.39 is 11.7 Å². The summed E-state index contributed by atoms with van der Waals surface area (Å²) in [5.74, 6) is -0.127. The molecule has 9 heteroatoms. The molecule has 1 aliphatic rings. The van der Waals surface area contributed by atoms with Gasteiger partial charge in [0.15, 0.2) is 5.76 Å². The maximum atomic E-state index is 13.3. The number of amides is 2. The number of nitrogens with zero attached hydrogens (tertiary/aromatic N) is 4. The molecule has 0 bridgehead atoms. The Morgan fingerprint density at radius 2 is 1.86 bits per heavy atom. The Morgan fingerprint density at radius 3 is 2.59 bits per heavy atom. The summed E-state index contributed by atoms with van der Waals surface area (Å²) < 4.78 is 18.5. The molecule has 1 saturated heterocycles. The van der Waals surface area contributed by atoms with Crippen molar-refractivity contribution in [3.8, 4) is 0 Å². The molecular formula is C20H18FN5O3. The highest BCUT2D eigenvalue weighted by molar-refractivity contribution is 6.03. The first-order valence-electron chi connectivity index (χ1n) is 9.07. The summed E-state index contributed by atoms with van der Waals surface area (Å²) in [4.78, 5) is 36.7. The van der Waals surface area contributed by atoms with Crippen LogP contribution in [0.4, 0.5) is 15.9 Å². The summed E-state index contributed by atoms with van der Waals surface area (Å²) in [5, 5.41) is 2.62. The second kappa shape index (κ2) is 8.09. The molecule has 0 unspecified atom stereocenters. The van der Waals surface area contributed by atoms with Crippen LogP contribution in [0.15, 0.2) is 59.5 Å². The lowest BCUT2D eigenvalue weighted by atomic mass is 10.2. The van der Waals surface area contributed by atoms with Crippen LogP contribution < -0.4 is 10.2 Å². The van der Waals surface area contributed by atoms with Gasteiger partial charge in [-0.2, -0.15) is 0 Å². The average molecular weight is 395 g/mol. The molecule has 148 valence electrons. The van der Waals surface area contributed by atoms with E-state index in [1.54, 1.807) is 29.2 Å². The van der Waals surface area contributed by atoms with Crippen molar-refractivity contribution in [2.24, 2.45) is 0 Å². The van der Waals surface area contributed by atoms with E-state index in [9.17, 15) is 14.0 Å². The van der Waals surface area contributed by atoms with Gasteiger partial charge in [0.1, 0.15) is 23.7 Å². The predicted octanol–water partition coefficient (Wildman–Crippen LogP) is 2.42. The summed E-state index contributed by atoms with van der Waals surface area (Å²) in [6, 6.07) is 10.5. The second-order valence-electron chi connectivity index (χ2n) is 6.48. The largest absolute Gasteiger partial charge is 0.459 e. The molecule has 0 aliphatic carbocycles. The van der Waals surface area contributed by atoms with Crippen molar-refractivity contribution in [2.45, 2.75) is 0 Å². The summed E-state index contributed by atoms with van der Waals surface area (Å²) in [6.07, 6.45) is 2.79. The second-order valence-corrected chi connectivity index (χ2v) is 6.48. The lowest BCUT2D eigenvalue weighted by Gasteiger charge is -2.35. The number of benzene rings is 1. The van der Waals surface area contributed by atoms with Crippen LogP contribution in [0.3, 0.4) is 0 Å². The van der Waals surface area contributed by atoms with Crippen LogP contribution >= 0.6 is 0 Å². The SMILES string of the molecule is O=C(Nc1cccc(F)c1)c1cc(N2CCN(C(=O)c3ccco3)CC2)ncn1. The van der Waals surface area contributed by atoms with Crippen molar-refractivity contribution in [3.63, 3.8) is 0 Å².